The number of carbonyl (C=O) groups is 4. The molecule has 0 amide bonds. The molecule has 0 aromatic heterocycles. The van der Waals surface area contributed by atoms with Crippen molar-refractivity contribution in [2.24, 2.45) is 23.7 Å². The Morgan fingerprint density at radius 1 is 0.284 bits per heavy atom. The van der Waals surface area contributed by atoms with E-state index in [1.807, 2.05) is 0 Å². The van der Waals surface area contributed by atoms with E-state index in [-0.39, 0.29) is 25.7 Å². The molecular formula is C69H134O17P2. The maximum absolute atomic E-state index is 13.0. The van der Waals surface area contributed by atoms with Crippen LogP contribution < -0.4 is 0 Å². The first-order valence-electron chi connectivity index (χ1n) is 35.7. The summed E-state index contributed by atoms with van der Waals surface area (Å²) in [6, 6.07) is 0. The molecular weight excluding hydrogens is 1160 g/mol. The Balaban J connectivity index is 5.24. The normalized spacial score (nSPS) is 14.3. The molecule has 19 heteroatoms. The number of hydrogen-bond donors (Lipinski definition) is 3. The van der Waals surface area contributed by atoms with Crippen molar-refractivity contribution in [3.8, 4) is 0 Å². The summed E-state index contributed by atoms with van der Waals surface area (Å²) in [6.07, 6.45) is 40.4. The highest BCUT2D eigenvalue weighted by Gasteiger charge is 2.30. The van der Waals surface area contributed by atoms with Gasteiger partial charge in [0.1, 0.15) is 19.3 Å². The van der Waals surface area contributed by atoms with Gasteiger partial charge in [0.25, 0.3) is 0 Å². The summed E-state index contributed by atoms with van der Waals surface area (Å²) in [5.74, 6) is 0.809. The number of rotatable bonds is 66. The second kappa shape index (κ2) is 58.8. The van der Waals surface area contributed by atoms with Crippen molar-refractivity contribution in [1.82, 2.24) is 0 Å². The summed E-state index contributed by atoms with van der Waals surface area (Å²) in [5.41, 5.74) is 0. The van der Waals surface area contributed by atoms with Gasteiger partial charge >= 0.3 is 39.5 Å². The molecule has 0 rings (SSSR count). The Hall–Kier alpha value is -1.94. The smallest absolute Gasteiger partial charge is 0.462 e. The summed E-state index contributed by atoms with van der Waals surface area (Å²) in [5, 5.41) is 10.6. The summed E-state index contributed by atoms with van der Waals surface area (Å²) in [7, 11) is -9.90. The predicted molar refractivity (Wildman–Crippen MR) is 354 cm³/mol. The quantitative estimate of drug-likeness (QED) is 0.0222. The maximum atomic E-state index is 13.0. The van der Waals surface area contributed by atoms with E-state index >= 15 is 0 Å². The molecule has 0 aliphatic heterocycles. The van der Waals surface area contributed by atoms with Gasteiger partial charge < -0.3 is 33.8 Å². The summed E-state index contributed by atoms with van der Waals surface area (Å²) in [4.78, 5) is 72.5. The molecule has 0 fully saturated rings. The third-order valence-electron chi connectivity index (χ3n) is 15.8. The number of ether oxygens (including phenoxy) is 4. The number of phosphoric ester groups is 2. The number of unbranched alkanes of at least 4 members (excludes halogenated alkanes) is 32. The van der Waals surface area contributed by atoms with E-state index in [0.717, 1.165) is 114 Å². The van der Waals surface area contributed by atoms with Crippen molar-refractivity contribution < 1.29 is 80.2 Å². The van der Waals surface area contributed by atoms with Gasteiger partial charge in [-0.25, -0.2) is 9.13 Å². The van der Waals surface area contributed by atoms with Crippen molar-refractivity contribution in [3.05, 3.63) is 0 Å². The average Bonchev–Trinajstić information content (AvgIpc) is 3.31. The Bertz CT molecular complexity index is 1750. The highest BCUT2D eigenvalue weighted by molar-refractivity contribution is 7.47. The Morgan fingerprint density at radius 2 is 0.477 bits per heavy atom. The van der Waals surface area contributed by atoms with Gasteiger partial charge in [0.2, 0.25) is 0 Å². The molecule has 522 valence electrons. The van der Waals surface area contributed by atoms with Crippen LogP contribution in [0, 0.1) is 23.7 Å². The van der Waals surface area contributed by atoms with E-state index in [1.165, 1.54) is 135 Å². The zero-order chi connectivity index (χ0) is 65.4. The second-order valence-electron chi connectivity index (χ2n) is 26.8. The van der Waals surface area contributed by atoms with Crippen LogP contribution in [-0.4, -0.2) is 96.7 Å². The minimum Gasteiger partial charge on any atom is -0.462 e. The van der Waals surface area contributed by atoms with Gasteiger partial charge in [-0.2, -0.15) is 0 Å². The lowest BCUT2D eigenvalue weighted by Gasteiger charge is -2.21. The third kappa shape index (κ3) is 62.8. The number of esters is 4. The van der Waals surface area contributed by atoms with E-state index in [4.69, 9.17) is 37.0 Å². The molecule has 88 heavy (non-hydrogen) atoms. The fourth-order valence-electron chi connectivity index (χ4n) is 10.3. The van der Waals surface area contributed by atoms with Crippen LogP contribution in [0.5, 0.6) is 0 Å². The molecule has 3 N–H and O–H groups in total. The van der Waals surface area contributed by atoms with E-state index in [1.54, 1.807) is 0 Å². The number of hydrogen-bond acceptors (Lipinski definition) is 15. The lowest BCUT2D eigenvalue weighted by atomic mass is 10.0. The van der Waals surface area contributed by atoms with E-state index in [0.29, 0.717) is 31.6 Å². The molecule has 3 unspecified atom stereocenters. The van der Waals surface area contributed by atoms with Crippen LogP contribution in [0.2, 0.25) is 0 Å². The number of aliphatic hydroxyl groups excluding tert-OH is 1. The van der Waals surface area contributed by atoms with Gasteiger partial charge in [-0.3, -0.25) is 37.3 Å². The van der Waals surface area contributed by atoms with Gasteiger partial charge in [0, 0.05) is 25.7 Å². The highest BCUT2D eigenvalue weighted by Crippen LogP contribution is 2.45. The monoisotopic (exact) mass is 1300 g/mol. The number of aliphatic hydroxyl groups is 1. The first-order chi connectivity index (χ1) is 42.1. The molecule has 0 radical (unpaired) electrons. The van der Waals surface area contributed by atoms with Crippen LogP contribution in [0.15, 0.2) is 0 Å². The molecule has 0 aliphatic rings. The first kappa shape index (κ1) is 86.1. The van der Waals surface area contributed by atoms with Crippen LogP contribution in [-0.2, 0) is 65.4 Å². The zero-order valence-electron chi connectivity index (χ0n) is 57.3. The van der Waals surface area contributed by atoms with Crippen molar-refractivity contribution in [3.63, 3.8) is 0 Å². The predicted octanol–water partition coefficient (Wildman–Crippen LogP) is 19.3. The first-order valence-corrected chi connectivity index (χ1v) is 38.7. The third-order valence-corrected chi connectivity index (χ3v) is 17.7. The van der Waals surface area contributed by atoms with Crippen LogP contribution in [0.25, 0.3) is 0 Å². The molecule has 0 aromatic rings. The molecule has 17 nitrogen and oxygen atoms in total. The van der Waals surface area contributed by atoms with Crippen LogP contribution >= 0.6 is 15.6 Å². The van der Waals surface area contributed by atoms with Crippen molar-refractivity contribution >= 4 is 39.5 Å². The Kier molecular flexibility index (Phi) is 57.6. The number of phosphoric acid groups is 2. The SMILES string of the molecule is CC(C)CCCCCCCCCCCCCCC(=O)OC[C@H](COP(=O)(O)OCC(O)COP(=O)(O)OC[C@@H](COC(=O)CCCCCCCCCC(C)C)OC(=O)CCCCCCCCCCCC(C)C)OC(=O)CCCCCCCCCCC(C)C. The minimum atomic E-state index is -4.95. The van der Waals surface area contributed by atoms with Crippen molar-refractivity contribution in [2.75, 3.05) is 39.6 Å². The van der Waals surface area contributed by atoms with E-state index in [2.05, 4.69) is 55.4 Å². The molecule has 0 spiro atoms. The van der Waals surface area contributed by atoms with Gasteiger partial charge in [-0.15, -0.1) is 0 Å². The van der Waals surface area contributed by atoms with Gasteiger partial charge in [-0.1, -0.05) is 287 Å². The molecule has 0 aromatic carbocycles. The number of carbonyl (C=O) groups excluding carboxylic acids is 4. The lowest BCUT2D eigenvalue weighted by molar-refractivity contribution is -0.161. The lowest BCUT2D eigenvalue weighted by Crippen LogP contribution is -2.30. The zero-order valence-corrected chi connectivity index (χ0v) is 59.1. The van der Waals surface area contributed by atoms with E-state index < -0.39 is 97.5 Å². The molecule has 5 atom stereocenters. The Morgan fingerprint density at radius 3 is 0.705 bits per heavy atom. The van der Waals surface area contributed by atoms with Gasteiger partial charge in [0.15, 0.2) is 12.2 Å². The van der Waals surface area contributed by atoms with E-state index in [9.17, 15) is 43.2 Å². The summed E-state index contributed by atoms with van der Waals surface area (Å²) in [6.45, 7) is 14.0. The average molecular weight is 1300 g/mol. The minimum absolute atomic E-state index is 0.104. The molecule has 0 saturated heterocycles. The van der Waals surface area contributed by atoms with Crippen molar-refractivity contribution in [1.29, 1.82) is 0 Å². The highest BCUT2D eigenvalue weighted by atomic mass is 31.2. The topological polar surface area (TPSA) is 237 Å². The van der Waals surface area contributed by atoms with Crippen LogP contribution in [0.4, 0.5) is 0 Å². The second-order valence-corrected chi connectivity index (χ2v) is 29.7. The van der Waals surface area contributed by atoms with Gasteiger partial charge in [-0.05, 0) is 49.4 Å². The van der Waals surface area contributed by atoms with Crippen LogP contribution in [0.1, 0.15) is 338 Å². The Labute approximate surface area is 537 Å². The van der Waals surface area contributed by atoms with Crippen molar-refractivity contribution in [2.45, 2.75) is 356 Å². The van der Waals surface area contributed by atoms with Crippen LogP contribution in [0.3, 0.4) is 0 Å². The van der Waals surface area contributed by atoms with Gasteiger partial charge in [0.05, 0.1) is 26.4 Å². The largest absolute Gasteiger partial charge is 0.472 e. The molecule has 0 saturated carbocycles. The fourth-order valence-corrected chi connectivity index (χ4v) is 11.9. The molecule has 0 heterocycles. The molecule has 0 aliphatic carbocycles. The maximum Gasteiger partial charge on any atom is 0.472 e. The summed E-state index contributed by atoms with van der Waals surface area (Å²) < 4.78 is 68.2. The fraction of sp³-hybridized carbons (Fsp3) is 0.942. The summed E-state index contributed by atoms with van der Waals surface area (Å²) >= 11 is 0. The molecule has 0 bridgehead atoms. The standard InChI is InChI=1S/C69H134O17P2/c1-59(2)45-37-29-21-14-11-9-10-12-16-25-33-41-49-66(71)79-55-64(86-69(74)52-44-36-27-19-18-23-31-39-47-61(5)6)57-83-87(75,76)81-53-63(70)54-82-88(77,78)84-58-65(56-80-67(72)50-42-34-28-20-24-32-40-48-62(7)8)85-68(73)51-43-35-26-17-13-15-22-30-38-46-60(3)4/h59-65,70H,9-58H2,1-8H3,(H,75,76)(H,77,78)/t63?,64-,65-/m1/s1.